The zero-order valence-corrected chi connectivity index (χ0v) is 28.8. The van der Waals surface area contributed by atoms with Crippen molar-refractivity contribution in [3.63, 3.8) is 0 Å². The van der Waals surface area contributed by atoms with Crippen LogP contribution >= 0.6 is 0 Å². The summed E-state index contributed by atoms with van der Waals surface area (Å²) in [5, 5.41) is 5.22. The van der Waals surface area contributed by atoms with Crippen LogP contribution < -0.4 is 0 Å². The lowest BCUT2D eigenvalue weighted by molar-refractivity contribution is 0.630. The van der Waals surface area contributed by atoms with Crippen LogP contribution in [0.25, 0.3) is 77.2 Å². The van der Waals surface area contributed by atoms with E-state index in [1.54, 1.807) is 0 Å². The lowest BCUT2D eigenvalue weighted by atomic mass is 9.74. The van der Waals surface area contributed by atoms with Crippen LogP contribution in [0.5, 0.6) is 0 Å². The molecule has 0 unspecified atom stereocenters. The molecule has 2 nitrogen and oxygen atoms in total. The molecule has 0 spiro atoms. The largest absolute Gasteiger partial charge is 0.309 e. The minimum absolute atomic E-state index is 0.157. The molecule has 2 aliphatic rings. The molecule has 0 fully saturated rings. The summed E-state index contributed by atoms with van der Waals surface area (Å²) in [6.07, 6.45) is 0. The van der Waals surface area contributed by atoms with Crippen LogP contribution in [0.1, 0.15) is 49.9 Å². The van der Waals surface area contributed by atoms with Crippen LogP contribution in [0.15, 0.2) is 146 Å². The van der Waals surface area contributed by atoms with Gasteiger partial charge in [0.2, 0.25) is 0 Å². The van der Waals surface area contributed by atoms with Gasteiger partial charge < -0.3 is 9.13 Å². The minimum atomic E-state index is -0.157. The first-order chi connectivity index (χ1) is 24.3. The molecule has 0 N–H and O–H groups in total. The van der Waals surface area contributed by atoms with Gasteiger partial charge in [-0.15, -0.1) is 0 Å². The lowest BCUT2D eigenvalue weighted by Gasteiger charge is -2.35. The summed E-state index contributed by atoms with van der Waals surface area (Å²) in [6, 6.07) is 54.6. The van der Waals surface area contributed by atoms with Gasteiger partial charge in [-0.05, 0) is 93.0 Å². The van der Waals surface area contributed by atoms with Gasteiger partial charge >= 0.3 is 0 Å². The Morgan fingerprint density at radius 1 is 0.340 bits per heavy atom. The molecule has 0 saturated heterocycles. The Labute approximate surface area is 291 Å². The van der Waals surface area contributed by atoms with Gasteiger partial charge in [-0.3, -0.25) is 0 Å². The van der Waals surface area contributed by atoms with Crippen LogP contribution in [0.2, 0.25) is 0 Å². The fourth-order valence-corrected chi connectivity index (χ4v) is 9.51. The third-order valence-corrected chi connectivity index (χ3v) is 12.0. The number of hydrogen-bond acceptors (Lipinski definition) is 0. The fourth-order valence-electron chi connectivity index (χ4n) is 9.51. The van der Waals surface area contributed by atoms with Gasteiger partial charge in [-0.2, -0.15) is 0 Å². The number of para-hydroxylation sites is 2. The van der Waals surface area contributed by atoms with E-state index >= 15 is 0 Å². The second kappa shape index (κ2) is 9.43. The Hall–Kier alpha value is -5.86. The smallest absolute Gasteiger partial charge is 0.0582 e. The zero-order valence-electron chi connectivity index (χ0n) is 28.8. The van der Waals surface area contributed by atoms with E-state index in [1.165, 1.54) is 99.5 Å². The van der Waals surface area contributed by atoms with Crippen LogP contribution in [-0.4, -0.2) is 9.13 Å². The van der Waals surface area contributed by atoms with E-state index in [9.17, 15) is 0 Å². The molecule has 2 aromatic heterocycles. The fraction of sp³-hybridized carbons (Fsp3) is 0.125. The van der Waals surface area contributed by atoms with E-state index in [2.05, 4.69) is 182 Å². The van der Waals surface area contributed by atoms with Crippen LogP contribution in [0.3, 0.4) is 0 Å². The first-order valence-electron chi connectivity index (χ1n) is 17.8. The van der Waals surface area contributed by atoms with Crippen LogP contribution in [-0.2, 0) is 10.8 Å². The molecule has 4 heterocycles. The molecule has 0 bridgehead atoms. The number of hydrogen-bond donors (Lipinski definition) is 0. The molecular formula is C48H36N2. The van der Waals surface area contributed by atoms with Crippen LogP contribution in [0, 0.1) is 0 Å². The molecule has 0 amide bonds. The molecule has 9 aromatic rings. The van der Waals surface area contributed by atoms with Crippen molar-refractivity contribution in [3.05, 3.63) is 168 Å². The van der Waals surface area contributed by atoms with Gasteiger partial charge in [0, 0.05) is 32.4 Å². The summed E-state index contributed by atoms with van der Waals surface area (Å²) in [5.41, 5.74) is 17.9. The topological polar surface area (TPSA) is 9.86 Å². The van der Waals surface area contributed by atoms with E-state index in [4.69, 9.17) is 0 Å². The summed E-state index contributed by atoms with van der Waals surface area (Å²) < 4.78 is 5.13. The average molecular weight is 641 g/mol. The van der Waals surface area contributed by atoms with Gasteiger partial charge in [0.05, 0.1) is 33.4 Å². The maximum Gasteiger partial charge on any atom is 0.0582 e. The van der Waals surface area contributed by atoms with Crippen molar-refractivity contribution in [3.8, 4) is 33.6 Å². The van der Waals surface area contributed by atoms with Crippen LogP contribution in [0.4, 0.5) is 0 Å². The maximum atomic E-state index is 2.57. The Morgan fingerprint density at radius 3 is 1.14 bits per heavy atom. The Morgan fingerprint density at radius 2 is 0.720 bits per heavy atom. The lowest BCUT2D eigenvalue weighted by Crippen LogP contribution is -2.26. The highest BCUT2D eigenvalue weighted by Crippen LogP contribution is 2.53. The molecule has 11 rings (SSSR count). The normalized spacial score (nSPS) is 15.1. The van der Waals surface area contributed by atoms with Crippen molar-refractivity contribution in [2.45, 2.75) is 38.5 Å². The number of aromatic nitrogens is 2. The molecule has 0 radical (unpaired) electrons. The predicted molar refractivity (Wildman–Crippen MR) is 210 cm³/mol. The highest BCUT2D eigenvalue weighted by atomic mass is 15.0. The van der Waals surface area contributed by atoms with E-state index in [0.717, 1.165) is 0 Å². The second-order valence-electron chi connectivity index (χ2n) is 15.4. The van der Waals surface area contributed by atoms with Gasteiger partial charge in [0.1, 0.15) is 0 Å². The number of benzene rings is 7. The van der Waals surface area contributed by atoms with E-state index in [-0.39, 0.29) is 10.8 Å². The molecule has 238 valence electrons. The van der Waals surface area contributed by atoms with Gasteiger partial charge in [-0.1, -0.05) is 125 Å². The van der Waals surface area contributed by atoms with Crippen molar-refractivity contribution in [2.24, 2.45) is 0 Å². The van der Waals surface area contributed by atoms with Crippen molar-refractivity contribution < 1.29 is 0 Å². The zero-order chi connectivity index (χ0) is 33.5. The number of fused-ring (bicyclic) bond motifs is 10. The molecule has 0 atom stereocenters. The van der Waals surface area contributed by atoms with Crippen molar-refractivity contribution in [1.29, 1.82) is 0 Å². The van der Waals surface area contributed by atoms with Gasteiger partial charge in [0.25, 0.3) is 0 Å². The minimum Gasteiger partial charge on any atom is -0.309 e. The van der Waals surface area contributed by atoms with E-state index < -0.39 is 0 Å². The summed E-state index contributed by atoms with van der Waals surface area (Å²) in [4.78, 5) is 0. The molecule has 0 saturated carbocycles. The SMILES string of the molecule is CC1(C)c2ccccc2-n2c3cc4c5cc(-c6ccccc6)cc6c5n(c4cc3c3cc(-c4ccccc4)cc1c32)-c1ccccc1C6(C)C. The Bertz CT molecular complexity index is 2700. The van der Waals surface area contributed by atoms with Gasteiger partial charge in [-0.25, -0.2) is 0 Å². The summed E-state index contributed by atoms with van der Waals surface area (Å²) >= 11 is 0. The third kappa shape index (κ3) is 3.43. The molecule has 2 aliphatic heterocycles. The van der Waals surface area contributed by atoms with E-state index in [1.807, 2.05) is 0 Å². The highest BCUT2D eigenvalue weighted by molar-refractivity contribution is 6.21. The van der Waals surface area contributed by atoms with Gasteiger partial charge in [0.15, 0.2) is 0 Å². The standard InChI is InChI=1S/C48H36N2/c1-47(2)37-19-11-13-21-41(37)49-43-28-34-36-24-32(30-17-9-6-10-18-30)26-40-46(36)50(42-22-14-12-20-38(42)48(40,3)4)44(34)27-33(43)35-23-31(25-39(47)45(35)49)29-15-7-5-8-16-29/h5-28H,1-4H3. The second-order valence-corrected chi connectivity index (χ2v) is 15.4. The number of rotatable bonds is 2. The maximum absolute atomic E-state index is 2.57. The average Bonchev–Trinajstić information content (AvgIpc) is 3.65. The summed E-state index contributed by atoms with van der Waals surface area (Å²) in [6.45, 7) is 9.58. The number of nitrogens with zero attached hydrogens (tertiary/aromatic N) is 2. The Balaban J connectivity index is 1.36. The monoisotopic (exact) mass is 640 g/mol. The molecule has 7 aromatic carbocycles. The first-order valence-corrected chi connectivity index (χ1v) is 17.8. The van der Waals surface area contributed by atoms with E-state index in [0.29, 0.717) is 0 Å². The summed E-state index contributed by atoms with van der Waals surface area (Å²) in [5.74, 6) is 0. The first kappa shape index (κ1) is 28.0. The van der Waals surface area contributed by atoms with Crippen molar-refractivity contribution >= 4 is 43.6 Å². The predicted octanol–water partition coefficient (Wildman–Crippen LogP) is 12.5. The third-order valence-electron chi connectivity index (χ3n) is 12.0. The van der Waals surface area contributed by atoms with Crippen molar-refractivity contribution in [1.82, 2.24) is 9.13 Å². The Kier molecular flexibility index (Phi) is 5.28. The van der Waals surface area contributed by atoms with Crippen molar-refractivity contribution in [2.75, 3.05) is 0 Å². The molecule has 50 heavy (non-hydrogen) atoms. The summed E-state index contributed by atoms with van der Waals surface area (Å²) in [7, 11) is 0. The quantitative estimate of drug-likeness (QED) is 0.178. The molecule has 0 aliphatic carbocycles. The molecule has 2 heteroatoms. The highest BCUT2D eigenvalue weighted by Gasteiger charge is 2.38. The molecular weight excluding hydrogens is 605 g/mol.